The highest BCUT2D eigenvalue weighted by Gasteiger charge is 2.22. The van der Waals surface area contributed by atoms with Crippen LogP contribution in [0.15, 0.2) is 16.7 Å². The first kappa shape index (κ1) is 13.5. The highest BCUT2D eigenvalue weighted by Crippen LogP contribution is 2.23. The van der Waals surface area contributed by atoms with Gasteiger partial charge in [-0.25, -0.2) is 13.2 Å². The number of nitrogens with two attached hydrogens (primary N) is 1. The first-order valence-electron chi connectivity index (χ1n) is 5.63. The molecule has 0 aliphatic carbocycles. The van der Waals surface area contributed by atoms with Crippen molar-refractivity contribution in [3.63, 3.8) is 0 Å². The van der Waals surface area contributed by atoms with Crippen LogP contribution in [-0.4, -0.2) is 10.1 Å². The van der Waals surface area contributed by atoms with E-state index in [1.54, 1.807) is 0 Å². The molecule has 0 aliphatic rings. The molecule has 0 radical (unpaired) electrons. The second kappa shape index (κ2) is 5.00. The minimum atomic E-state index is -1.27. The van der Waals surface area contributed by atoms with Crippen molar-refractivity contribution in [1.82, 2.24) is 10.1 Å². The summed E-state index contributed by atoms with van der Waals surface area (Å²) in [6.45, 7) is 3.67. The molecule has 2 rings (SSSR count). The van der Waals surface area contributed by atoms with Crippen LogP contribution in [0.5, 0.6) is 0 Å². The summed E-state index contributed by atoms with van der Waals surface area (Å²) in [4.78, 5) is 3.99. The quantitative estimate of drug-likeness (QED) is 0.871. The average molecular weight is 271 g/mol. The minimum absolute atomic E-state index is 0.0109. The molecule has 0 fully saturated rings. The molecule has 1 aromatic carbocycles. The van der Waals surface area contributed by atoms with Crippen molar-refractivity contribution < 1.29 is 17.7 Å². The van der Waals surface area contributed by atoms with Gasteiger partial charge >= 0.3 is 0 Å². The molecule has 1 heterocycles. The highest BCUT2D eigenvalue weighted by atomic mass is 19.2. The molecule has 4 nitrogen and oxygen atoms in total. The van der Waals surface area contributed by atoms with Gasteiger partial charge in [-0.15, -0.1) is 0 Å². The highest BCUT2D eigenvalue weighted by molar-refractivity contribution is 5.27. The third kappa shape index (κ3) is 2.60. The van der Waals surface area contributed by atoms with E-state index in [2.05, 4.69) is 10.1 Å². The number of rotatable bonds is 3. The molecular formula is C12H12F3N3O. The van der Waals surface area contributed by atoms with Gasteiger partial charge in [0, 0.05) is 17.5 Å². The van der Waals surface area contributed by atoms with Gasteiger partial charge in [0.1, 0.15) is 5.82 Å². The standard InChI is InChI=1S/C12H12F3N3O/c1-5(2)12-17-11(18-19-12)10(16)6-3-8(14)9(15)4-7(6)13/h3-5,10H,16H2,1-2H3. The SMILES string of the molecule is CC(C)c1nc(C(N)c2cc(F)c(F)cc2F)no1. The van der Waals surface area contributed by atoms with Crippen molar-refractivity contribution in [2.45, 2.75) is 25.8 Å². The Labute approximate surface area is 107 Å². The lowest BCUT2D eigenvalue weighted by molar-refractivity contribution is 0.359. The fourth-order valence-corrected chi connectivity index (χ4v) is 1.52. The fraction of sp³-hybridized carbons (Fsp3) is 0.333. The summed E-state index contributed by atoms with van der Waals surface area (Å²) in [7, 11) is 0. The molecule has 1 aromatic heterocycles. The Morgan fingerprint density at radius 1 is 1.11 bits per heavy atom. The molecule has 2 N–H and O–H groups in total. The maximum absolute atomic E-state index is 13.6. The molecule has 0 amide bonds. The van der Waals surface area contributed by atoms with Crippen LogP contribution in [0, 0.1) is 17.5 Å². The van der Waals surface area contributed by atoms with E-state index >= 15 is 0 Å². The zero-order valence-electron chi connectivity index (χ0n) is 10.3. The lowest BCUT2D eigenvalue weighted by Gasteiger charge is -2.09. The van der Waals surface area contributed by atoms with E-state index in [1.165, 1.54) is 0 Å². The van der Waals surface area contributed by atoms with Crippen molar-refractivity contribution >= 4 is 0 Å². The van der Waals surface area contributed by atoms with Crippen LogP contribution in [0.2, 0.25) is 0 Å². The molecule has 102 valence electrons. The molecule has 0 bridgehead atoms. The molecule has 0 saturated heterocycles. The summed E-state index contributed by atoms with van der Waals surface area (Å²) >= 11 is 0. The number of hydrogen-bond acceptors (Lipinski definition) is 4. The van der Waals surface area contributed by atoms with E-state index in [0.717, 1.165) is 0 Å². The first-order chi connectivity index (χ1) is 8.90. The van der Waals surface area contributed by atoms with E-state index in [4.69, 9.17) is 10.3 Å². The molecule has 0 aliphatic heterocycles. The van der Waals surface area contributed by atoms with Gasteiger partial charge in [0.2, 0.25) is 5.89 Å². The summed E-state index contributed by atoms with van der Waals surface area (Å²) < 4.78 is 44.4. The van der Waals surface area contributed by atoms with Crippen molar-refractivity contribution in [1.29, 1.82) is 0 Å². The monoisotopic (exact) mass is 271 g/mol. The van der Waals surface area contributed by atoms with Crippen LogP contribution in [0.3, 0.4) is 0 Å². The van der Waals surface area contributed by atoms with Gasteiger partial charge < -0.3 is 10.3 Å². The predicted octanol–water partition coefficient (Wildman–Crippen LogP) is 2.66. The lowest BCUT2D eigenvalue weighted by atomic mass is 10.1. The van der Waals surface area contributed by atoms with Gasteiger partial charge in [0.15, 0.2) is 17.5 Å². The average Bonchev–Trinajstić information content (AvgIpc) is 2.82. The molecule has 7 heteroatoms. The fourth-order valence-electron chi connectivity index (χ4n) is 1.52. The molecule has 0 spiro atoms. The number of nitrogens with zero attached hydrogens (tertiary/aromatic N) is 2. The van der Waals surface area contributed by atoms with E-state index in [9.17, 15) is 13.2 Å². The number of halogens is 3. The van der Waals surface area contributed by atoms with Gasteiger partial charge in [0.25, 0.3) is 0 Å². The van der Waals surface area contributed by atoms with Gasteiger partial charge in [-0.2, -0.15) is 4.98 Å². The zero-order valence-corrected chi connectivity index (χ0v) is 10.3. The second-order valence-corrected chi connectivity index (χ2v) is 4.41. The van der Waals surface area contributed by atoms with Crippen LogP contribution in [0.25, 0.3) is 0 Å². The maximum atomic E-state index is 13.6. The van der Waals surface area contributed by atoms with Gasteiger partial charge in [-0.3, -0.25) is 0 Å². The van der Waals surface area contributed by atoms with Crippen LogP contribution >= 0.6 is 0 Å². The lowest BCUT2D eigenvalue weighted by Crippen LogP contribution is -2.16. The summed E-state index contributed by atoms with van der Waals surface area (Å²) in [5.41, 5.74) is 5.51. The van der Waals surface area contributed by atoms with Gasteiger partial charge in [-0.1, -0.05) is 19.0 Å². The molecule has 1 unspecified atom stereocenters. The Hall–Kier alpha value is -1.89. The molecular weight excluding hydrogens is 259 g/mol. The Bertz CT molecular complexity index is 598. The zero-order chi connectivity index (χ0) is 14.2. The Morgan fingerprint density at radius 3 is 2.32 bits per heavy atom. The van der Waals surface area contributed by atoms with Crippen LogP contribution in [0.4, 0.5) is 13.2 Å². The summed E-state index contributed by atoms with van der Waals surface area (Å²) in [6, 6.07) is 0.0145. The van der Waals surface area contributed by atoms with Crippen molar-refractivity contribution in [3.05, 3.63) is 46.9 Å². The normalized spacial score (nSPS) is 13.0. The third-order valence-corrected chi connectivity index (χ3v) is 2.60. The van der Waals surface area contributed by atoms with E-state index in [1.807, 2.05) is 13.8 Å². The number of hydrogen-bond donors (Lipinski definition) is 1. The summed E-state index contributed by atoms with van der Waals surface area (Å²) in [6.07, 6.45) is 0. The second-order valence-electron chi connectivity index (χ2n) is 4.41. The maximum Gasteiger partial charge on any atom is 0.229 e. The minimum Gasteiger partial charge on any atom is -0.339 e. The van der Waals surface area contributed by atoms with Crippen LogP contribution in [0.1, 0.15) is 43.1 Å². The topological polar surface area (TPSA) is 64.9 Å². The van der Waals surface area contributed by atoms with Crippen LogP contribution < -0.4 is 5.73 Å². The predicted molar refractivity (Wildman–Crippen MR) is 60.7 cm³/mol. The van der Waals surface area contributed by atoms with Crippen molar-refractivity contribution in [2.24, 2.45) is 5.73 Å². The summed E-state index contributed by atoms with van der Waals surface area (Å²) in [5.74, 6) is -3.06. The number of aromatic nitrogens is 2. The molecule has 0 saturated carbocycles. The Kier molecular flexibility index (Phi) is 3.57. The van der Waals surface area contributed by atoms with E-state index < -0.39 is 23.5 Å². The van der Waals surface area contributed by atoms with E-state index in [-0.39, 0.29) is 17.3 Å². The molecule has 2 aromatic rings. The van der Waals surface area contributed by atoms with Gasteiger partial charge in [-0.05, 0) is 6.07 Å². The van der Waals surface area contributed by atoms with Crippen LogP contribution in [-0.2, 0) is 0 Å². The molecule has 1 atom stereocenters. The largest absolute Gasteiger partial charge is 0.339 e. The summed E-state index contributed by atoms with van der Waals surface area (Å²) in [5, 5.41) is 3.61. The van der Waals surface area contributed by atoms with Gasteiger partial charge in [0.05, 0.1) is 6.04 Å². The Morgan fingerprint density at radius 2 is 1.74 bits per heavy atom. The van der Waals surface area contributed by atoms with Crippen molar-refractivity contribution in [2.75, 3.05) is 0 Å². The third-order valence-electron chi connectivity index (χ3n) is 2.60. The van der Waals surface area contributed by atoms with E-state index in [0.29, 0.717) is 18.0 Å². The first-order valence-corrected chi connectivity index (χ1v) is 5.63. The Balaban J connectivity index is 2.38. The smallest absolute Gasteiger partial charge is 0.229 e. The molecule has 19 heavy (non-hydrogen) atoms. The van der Waals surface area contributed by atoms with Crippen molar-refractivity contribution in [3.8, 4) is 0 Å². The number of benzene rings is 1.